The summed E-state index contributed by atoms with van der Waals surface area (Å²) in [4.78, 5) is 55.6. The number of halogens is 1. The van der Waals surface area contributed by atoms with E-state index < -0.39 is 41.7 Å². The van der Waals surface area contributed by atoms with Crippen LogP contribution in [0.5, 0.6) is 5.75 Å². The zero-order chi connectivity index (χ0) is 29.8. The van der Waals surface area contributed by atoms with Crippen molar-refractivity contribution in [2.45, 2.75) is 44.7 Å². The number of hydrogen-bond acceptors (Lipinski definition) is 5. The fraction of sp³-hybridized carbons (Fsp3) is 0.312. The predicted octanol–water partition coefficient (Wildman–Crippen LogP) is 4.54. The molecule has 9 nitrogen and oxygen atoms in total. The van der Waals surface area contributed by atoms with Gasteiger partial charge >= 0.3 is 6.03 Å². The number of anilines is 1. The van der Waals surface area contributed by atoms with Crippen LogP contribution in [-0.4, -0.2) is 59.3 Å². The summed E-state index contributed by atoms with van der Waals surface area (Å²) >= 11 is 0. The maximum absolute atomic E-state index is 14.6. The summed E-state index contributed by atoms with van der Waals surface area (Å²) in [6.45, 7) is 4.87. The van der Waals surface area contributed by atoms with Crippen LogP contribution in [0.15, 0.2) is 72.8 Å². The van der Waals surface area contributed by atoms with Crippen LogP contribution in [-0.2, 0) is 14.4 Å². The van der Waals surface area contributed by atoms with Crippen molar-refractivity contribution in [1.82, 2.24) is 15.1 Å². The van der Waals surface area contributed by atoms with Gasteiger partial charge in [0.05, 0.1) is 5.69 Å². The molecule has 2 N–H and O–H groups in total. The molecule has 3 aromatic rings. The number of likely N-dealkylation sites (tertiary alicyclic amines) is 1. The lowest BCUT2D eigenvalue weighted by Gasteiger charge is -2.30. The molecular weight excluding hydrogens is 539 g/mol. The molecule has 2 aliphatic rings. The van der Waals surface area contributed by atoms with Gasteiger partial charge in [-0.15, -0.1) is 0 Å². The monoisotopic (exact) mass is 572 g/mol. The van der Waals surface area contributed by atoms with E-state index in [4.69, 9.17) is 4.74 Å². The van der Waals surface area contributed by atoms with Crippen LogP contribution in [0.2, 0.25) is 0 Å². The molecule has 0 aromatic heterocycles. The number of ether oxygens (including phenoxy) is 1. The van der Waals surface area contributed by atoms with Crippen molar-refractivity contribution in [2.24, 2.45) is 0 Å². The lowest BCUT2D eigenvalue weighted by Crippen LogP contribution is -2.50. The number of urea groups is 1. The summed E-state index contributed by atoms with van der Waals surface area (Å²) < 4.78 is 20.2. The SMILES string of the molecule is Cc1ccc(NC(=O)C(C(C)c2ccccc2)N2C(=O)N[C@H](c3ccc(OCC(=O)N4CCCC4)cc3)C2=O)c(F)c1. The third-order valence-electron chi connectivity index (χ3n) is 7.73. The average molecular weight is 573 g/mol. The fourth-order valence-corrected chi connectivity index (χ4v) is 5.38. The summed E-state index contributed by atoms with van der Waals surface area (Å²) in [5.74, 6) is -2.14. The molecule has 0 aliphatic carbocycles. The Bertz CT molecular complexity index is 1470. The smallest absolute Gasteiger partial charge is 0.325 e. The molecule has 218 valence electrons. The Kier molecular flexibility index (Phi) is 8.51. The zero-order valence-corrected chi connectivity index (χ0v) is 23.5. The van der Waals surface area contributed by atoms with E-state index in [0.717, 1.165) is 36.4 Å². The second kappa shape index (κ2) is 12.4. The molecule has 3 aromatic carbocycles. The van der Waals surface area contributed by atoms with Gasteiger partial charge in [-0.2, -0.15) is 0 Å². The van der Waals surface area contributed by atoms with Gasteiger partial charge in [-0.3, -0.25) is 14.4 Å². The van der Waals surface area contributed by atoms with E-state index in [2.05, 4.69) is 10.6 Å². The van der Waals surface area contributed by atoms with Crippen LogP contribution in [0.1, 0.15) is 48.4 Å². The summed E-state index contributed by atoms with van der Waals surface area (Å²) in [5.41, 5.74) is 1.87. The number of nitrogens with zero attached hydrogens (tertiary/aromatic N) is 2. The quantitative estimate of drug-likeness (QED) is 0.366. The number of nitrogens with one attached hydrogen (secondary N) is 2. The van der Waals surface area contributed by atoms with Gasteiger partial charge < -0.3 is 20.3 Å². The van der Waals surface area contributed by atoms with E-state index in [1.807, 2.05) is 6.07 Å². The first-order valence-corrected chi connectivity index (χ1v) is 14.0. The highest BCUT2D eigenvalue weighted by molar-refractivity contribution is 6.10. The molecular formula is C32H33FN4O5. The Hall–Kier alpha value is -4.73. The molecule has 2 unspecified atom stereocenters. The number of hydrogen-bond donors (Lipinski definition) is 2. The number of rotatable bonds is 9. The van der Waals surface area contributed by atoms with Gasteiger partial charge in [0.15, 0.2) is 6.61 Å². The van der Waals surface area contributed by atoms with Crippen molar-refractivity contribution < 1.29 is 28.3 Å². The molecule has 2 fully saturated rings. The topological polar surface area (TPSA) is 108 Å². The van der Waals surface area contributed by atoms with Crippen LogP contribution in [0, 0.1) is 12.7 Å². The van der Waals surface area contributed by atoms with E-state index in [1.165, 1.54) is 12.1 Å². The number of aryl methyl sites for hydroxylation is 1. The molecule has 42 heavy (non-hydrogen) atoms. The fourth-order valence-electron chi connectivity index (χ4n) is 5.38. The zero-order valence-electron chi connectivity index (χ0n) is 23.5. The Morgan fingerprint density at radius 2 is 1.71 bits per heavy atom. The summed E-state index contributed by atoms with van der Waals surface area (Å²) in [6.07, 6.45) is 1.99. The first-order valence-electron chi connectivity index (χ1n) is 14.0. The van der Waals surface area contributed by atoms with Crippen molar-refractivity contribution in [2.75, 3.05) is 25.0 Å². The van der Waals surface area contributed by atoms with E-state index in [1.54, 1.807) is 73.3 Å². The van der Waals surface area contributed by atoms with E-state index in [9.17, 15) is 23.6 Å². The van der Waals surface area contributed by atoms with Crippen molar-refractivity contribution in [3.05, 3.63) is 95.3 Å². The lowest BCUT2D eigenvalue weighted by molar-refractivity contribution is -0.134. The lowest BCUT2D eigenvalue weighted by atomic mass is 9.91. The second-order valence-electron chi connectivity index (χ2n) is 10.7. The number of amides is 5. The third kappa shape index (κ3) is 6.12. The molecule has 2 aliphatic heterocycles. The van der Waals surface area contributed by atoms with Gasteiger partial charge in [0.25, 0.3) is 11.8 Å². The van der Waals surface area contributed by atoms with Gasteiger partial charge in [-0.05, 0) is 60.7 Å². The molecule has 0 spiro atoms. The maximum Gasteiger partial charge on any atom is 0.325 e. The molecule has 5 rings (SSSR count). The Labute approximate surface area is 243 Å². The molecule has 0 bridgehead atoms. The normalized spacial score (nSPS) is 18.0. The van der Waals surface area contributed by atoms with E-state index in [0.29, 0.717) is 16.9 Å². The van der Waals surface area contributed by atoms with Crippen molar-refractivity contribution in [3.63, 3.8) is 0 Å². The third-order valence-corrected chi connectivity index (χ3v) is 7.73. The van der Waals surface area contributed by atoms with Gasteiger partial charge in [-0.1, -0.05) is 55.5 Å². The molecule has 2 saturated heterocycles. The van der Waals surface area contributed by atoms with Crippen LogP contribution < -0.4 is 15.4 Å². The minimum absolute atomic E-state index is 0.0433. The van der Waals surface area contributed by atoms with Crippen molar-refractivity contribution in [3.8, 4) is 5.75 Å². The minimum Gasteiger partial charge on any atom is -0.484 e. The number of carbonyl (C=O) groups excluding carboxylic acids is 4. The van der Waals surface area contributed by atoms with E-state index in [-0.39, 0.29) is 18.2 Å². The van der Waals surface area contributed by atoms with Crippen LogP contribution in [0.3, 0.4) is 0 Å². The predicted molar refractivity (Wildman–Crippen MR) is 154 cm³/mol. The number of carbonyl (C=O) groups is 4. The van der Waals surface area contributed by atoms with Gasteiger partial charge in [0, 0.05) is 19.0 Å². The number of imide groups is 1. The van der Waals surface area contributed by atoms with Crippen molar-refractivity contribution >= 4 is 29.4 Å². The molecule has 10 heteroatoms. The maximum atomic E-state index is 14.6. The van der Waals surface area contributed by atoms with Crippen LogP contribution in [0.25, 0.3) is 0 Å². The Balaban J connectivity index is 1.35. The van der Waals surface area contributed by atoms with E-state index >= 15 is 0 Å². The van der Waals surface area contributed by atoms with Gasteiger partial charge in [0.1, 0.15) is 23.7 Å². The Morgan fingerprint density at radius 1 is 1.02 bits per heavy atom. The van der Waals surface area contributed by atoms with Crippen molar-refractivity contribution in [1.29, 1.82) is 0 Å². The highest BCUT2D eigenvalue weighted by atomic mass is 19.1. The minimum atomic E-state index is -1.26. The first kappa shape index (κ1) is 28.8. The highest BCUT2D eigenvalue weighted by Gasteiger charge is 2.47. The number of benzene rings is 3. The van der Waals surface area contributed by atoms with Crippen LogP contribution >= 0.6 is 0 Å². The average Bonchev–Trinajstić information content (AvgIpc) is 3.63. The Morgan fingerprint density at radius 3 is 2.38 bits per heavy atom. The van der Waals surface area contributed by atoms with Gasteiger partial charge in [-0.25, -0.2) is 14.1 Å². The van der Waals surface area contributed by atoms with Crippen LogP contribution in [0.4, 0.5) is 14.9 Å². The molecule has 3 atom stereocenters. The summed E-state index contributed by atoms with van der Waals surface area (Å²) in [6, 6.07) is 17.0. The molecule has 5 amide bonds. The summed E-state index contributed by atoms with van der Waals surface area (Å²) in [5, 5.41) is 5.26. The molecule has 0 saturated carbocycles. The first-order chi connectivity index (χ1) is 20.2. The standard InChI is InChI=1S/C32H33FN4O5/c1-20-10-15-26(25(33)18-20)34-30(39)29(21(2)22-8-4-3-5-9-22)37-31(40)28(35-32(37)41)23-11-13-24(14-12-23)42-19-27(38)36-16-6-7-17-36/h3-5,8-15,18,21,28-29H,6-7,16-17,19H2,1-2H3,(H,34,39)(H,35,41)/t21?,28-,29?/m1/s1. The highest BCUT2D eigenvalue weighted by Crippen LogP contribution is 2.32. The van der Waals surface area contributed by atoms with Gasteiger partial charge in [0.2, 0.25) is 5.91 Å². The molecule has 2 heterocycles. The second-order valence-corrected chi connectivity index (χ2v) is 10.7. The summed E-state index contributed by atoms with van der Waals surface area (Å²) in [7, 11) is 0. The molecule has 0 radical (unpaired) electrons. The largest absolute Gasteiger partial charge is 0.484 e.